The summed E-state index contributed by atoms with van der Waals surface area (Å²) in [4.78, 5) is 30.1. The molecular weight excluding hydrogens is 402 g/mol. The van der Waals surface area contributed by atoms with Crippen molar-refractivity contribution < 1.29 is 14.3 Å². The first-order valence-electron chi connectivity index (χ1n) is 11.1. The molecule has 0 radical (unpaired) electrons. The summed E-state index contributed by atoms with van der Waals surface area (Å²) in [5, 5.41) is 5.14. The molecule has 1 N–H and O–H groups in total. The summed E-state index contributed by atoms with van der Waals surface area (Å²) < 4.78 is 5.17. The fourth-order valence-electron chi connectivity index (χ4n) is 4.40. The lowest BCUT2D eigenvalue weighted by molar-refractivity contribution is -0.123. The minimum Gasteiger partial charge on any atom is -0.497 e. The Morgan fingerprint density at radius 3 is 2.56 bits per heavy atom. The van der Waals surface area contributed by atoms with E-state index in [1.165, 1.54) is 0 Å². The van der Waals surface area contributed by atoms with Crippen LogP contribution in [0.15, 0.2) is 66.7 Å². The van der Waals surface area contributed by atoms with E-state index in [2.05, 4.69) is 17.4 Å². The molecule has 1 heterocycles. The van der Waals surface area contributed by atoms with Gasteiger partial charge in [0, 0.05) is 17.6 Å². The van der Waals surface area contributed by atoms with E-state index in [4.69, 9.17) is 4.74 Å². The number of nitrogens with one attached hydrogen (secondary N) is 1. The predicted octanol–water partition coefficient (Wildman–Crippen LogP) is 4.30. The zero-order valence-corrected chi connectivity index (χ0v) is 18.6. The number of likely N-dealkylation sites (N-methyl/N-ethyl adjacent to an activating group) is 1. The summed E-state index contributed by atoms with van der Waals surface area (Å²) in [7, 11) is 1.61. The number of hydrogen-bond acceptors (Lipinski definition) is 4. The van der Waals surface area contributed by atoms with E-state index < -0.39 is 0 Å². The first kappa shape index (κ1) is 21.8. The van der Waals surface area contributed by atoms with Crippen LogP contribution in [0.25, 0.3) is 10.8 Å². The smallest absolute Gasteiger partial charge is 0.241 e. The molecule has 0 aliphatic carbocycles. The Balaban J connectivity index is 1.46. The molecule has 1 aliphatic heterocycles. The number of ether oxygens (including phenoxy) is 1. The molecule has 166 valence electrons. The number of nitrogens with zero attached hydrogens (tertiary/aromatic N) is 2. The highest BCUT2D eigenvalue weighted by molar-refractivity contribution is 6.04. The summed E-state index contributed by atoms with van der Waals surface area (Å²) >= 11 is 0. The standard InChI is InChI=1S/C26H29N3O3/c1-3-29(23-11-6-9-19-8-4-5-10-22(19)23)25(30)18-28-17-7-12-24(28)26(31)27-20-13-15-21(32-2)16-14-20/h4-6,8-11,13-16,24H,3,7,12,17-18H2,1-2H3,(H,27,31)/t24-/m0/s1. The fourth-order valence-corrected chi connectivity index (χ4v) is 4.40. The topological polar surface area (TPSA) is 61.9 Å². The summed E-state index contributed by atoms with van der Waals surface area (Å²) in [5.41, 5.74) is 1.63. The molecule has 1 fully saturated rings. The Morgan fingerprint density at radius 1 is 1.06 bits per heavy atom. The van der Waals surface area contributed by atoms with E-state index in [0.717, 1.165) is 47.3 Å². The van der Waals surface area contributed by atoms with Crippen LogP contribution in [-0.4, -0.2) is 49.5 Å². The molecule has 0 saturated carbocycles. The van der Waals surface area contributed by atoms with Gasteiger partial charge in [0.25, 0.3) is 0 Å². The zero-order chi connectivity index (χ0) is 22.5. The number of rotatable bonds is 7. The van der Waals surface area contributed by atoms with Gasteiger partial charge in [-0.1, -0.05) is 36.4 Å². The first-order chi connectivity index (χ1) is 15.6. The predicted molar refractivity (Wildman–Crippen MR) is 128 cm³/mol. The van der Waals surface area contributed by atoms with Gasteiger partial charge >= 0.3 is 0 Å². The molecule has 3 aromatic carbocycles. The summed E-state index contributed by atoms with van der Waals surface area (Å²) in [6.45, 7) is 3.51. The number of carbonyl (C=O) groups excluding carboxylic acids is 2. The molecule has 1 atom stereocenters. The third-order valence-corrected chi connectivity index (χ3v) is 6.04. The quantitative estimate of drug-likeness (QED) is 0.606. The highest BCUT2D eigenvalue weighted by Crippen LogP contribution is 2.27. The van der Waals surface area contributed by atoms with Crippen LogP contribution >= 0.6 is 0 Å². The van der Waals surface area contributed by atoms with Gasteiger partial charge in [-0.2, -0.15) is 0 Å². The monoisotopic (exact) mass is 431 g/mol. The Labute approximate surface area is 188 Å². The van der Waals surface area contributed by atoms with E-state index in [9.17, 15) is 9.59 Å². The lowest BCUT2D eigenvalue weighted by atomic mass is 10.1. The molecule has 6 heteroatoms. The van der Waals surface area contributed by atoms with Gasteiger partial charge < -0.3 is 15.0 Å². The first-order valence-corrected chi connectivity index (χ1v) is 11.1. The van der Waals surface area contributed by atoms with Gasteiger partial charge in [0.15, 0.2) is 0 Å². The Hall–Kier alpha value is -3.38. The molecule has 1 saturated heterocycles. The van der Waals surface area contributed by atoms with Crippen LogP contribution in [-0.2, 0) is 9.59 Å². The van der Waals surface area contributed by atoms with Gasteiger partial charge in [0.1, 0.15) is 5.75 Å². The fraction of sp³-hybridized carbons (Fsp3) is 0.308. The third-order valence-electron chi connectivity index (χ3n) is 6.04. The average Bonchev–Trinajstić information content (AvgIpc) is 3.28. The molecule has 0 aromatic heterocycles. The maximum absolute atomic E-state index is 13.3. The molecule has 3 aromatic rings. The minimum atomic E-state index is -0.313. The van der Waals surface area contributed by atoms with Crippen LogP contribution in [0, 0.1) is 0 Å². The number of hydrogen-bond donors (Lipinski definition) is 1. The van der Waals surface area contributed by atoms with Gasteiger partial charge in [-0.05, 0) is 62.0 Å². The second-order valence-corrected chi connectivity index (χ2v) is 7.98. The summed E-state index contributed by atoms with van der Waals surface area (Å²) in [6.07, 6.45) is 1.64. The van der Waals surface area contributed by atoms with Crippen molar-refractivity contribution in [1.82, 2.24) is 4.90 Å². The van der Waals surface area contributed by atoms with Crippen molar-refractivity contribution in [2.45, 2.75) is 25.8 Å². The van der Waals surface area contributed by atoms with Crippen LogP contribution < -0.4 is 15.0 Å². The Morgan fingerprint density at radius 2 is 1.81 bits per heavy atom. The normalized spacial score (nSPS) is 16.1. The van der Waals surface area contributed by atoms with Crippen molar-refractivity contribution in [3.8, 4) is 5.75 Å². The number of amides is 2. The molecule has 2 amide bonds. The third kappa shape index (κ3) is 4.60. The molecule has 1 aliphatic rings. The molecule has 4 rings (SSSR count). The number of methoxy groups -OCH3 is 1. The number of likely N-dealkylation sites (tertiary alicyclic amines) is 1. The SMILES string of the molecule is CCN(C(=O)CN1CCC[C@H]1C(=O)Nc1ccc(OC)cc1)c1cccc2ccccc12. The average molecular weight is 432 g/mol. The van der Waals surface area contributed by atoms with Gasteiger partial charge in [-0.15, -0.1) is 0 Å². The Bertz CT molecular complexity index is 1090. The molecule has 0 unspecified atom stereocenters. The van der Waals surface area contributed by atoms with E-state index in [1.807, 2.05) is 71.3 Å². The van der Waals surface area contributed by atoms with Crippen molar-refractivity contribution >= 4 is 34.0 Å². The second-order valence-electron chi connectivity index (χ2n) is 7.98. The number of benzene rings is 3. The van der Waals surface area contributed by atoms with Gasteiger partial charge in [0.05, 0.1) is 25.4 Å². The van der Waals surface area contributed by atoms with Crippen LogP contribution in [0.1, 0.15) is 19.8 Å². The molecule has 6 nitrogen and oxygen atoms in total. The summed E-state index contributed by atoms with van der Waals surface area (Å²) in [5.74, 6) is 0.672. The summed E-state index contributed by atoms with van der Waals surface area (Å²) in [6, 6.07) is 21.1. The van der Waals surface area contributed by atoms with Crippen LogP contribution in [0.4, 0.5) is 11.4 Å². The highest BCUT2D eigenvalue weighted by Gasteiger charge is 2.33. The van der Waals surface area contributed by atoms with Gasteiger partial charge in [-0.25, -0.2) is 0 Å². The van der Waals surface area contributed by atoms with Crippen molar-refractivity contribution in [1.29, 1.82) is 0 Å². The van der Waals surface area contributed by atoms with Gasteiger partial charge in [0.2, 0.25) is 11.8 Å². The van der Waals surface area contributed by atoms with Gasteiger partial charge in [-0.3, -0.25) is 14.5 Å². The van der Waals surface area contributed by atoms with Crippen LogP contribution in [0.3, 0.4) is 0 Å². The van der Waals surface area contributed by atoms with Crippen molar-refractivity contribution in [2.75, 3.05) is 37.0 Å². The largest absolute Gasteiger partial charge is 0.497 e. The highest BCUT2D eigenvalue weighted by atomic mass is 16.5. The lowest BCUT2D eigenvalue weighted by Crippen LogP contribution is -2.46. The van der Waals surface area contributed by atoms with Crippen molar-refractivity contribution in [3.05, 3.63) is 66.7 Å². The number of carbonyl (C=O) groups is 2. The van der Waals surface area contributed by atoms with Crippen molar-refractivity contribution in [3.63, 3.8) is 0 Å². The molecule has 32 heavy (non-hydrogen) atoms. The maximum atomic E-state index is 13.3. The zero-order valence-electron chi connectivity index (χ0n) is 18.6. The minimum absolute atomic E-state index is 0.00741. The second kappa shape index (κ2) is 9.83. The lowest BCUT2D eigenvalue weighted by Gasteiger charge is -2.28. The molecule has 0 spiro atoms. The van der Waals surface area contributed by atoms with E-state index in [-0.39, 0.29) is 24.4 Å². The molecular formula is C26H29N3O3. The van der Waals surface area contributed by atoms with Crippen molar-refractivity contribution in [2.24, 2.45) is 0 Å². The maximum Gasteiger partial charge on any atom is 0.241 e. The molecule has 0 bridgehead atoms. The Kier molecular flexibility index (Phi) is 6.71. The van der Waals surface area contributed by atoms with E-state index in [0.29, 0.717) is 6.54 Å². The van der Waals surface area contributed by atoms with E-state index in [1.54, 1.807) is 7.11 Å². The van der Waals surface area contributed by atoms with E-state index >= 15 is 0 Å². The van der Waals surface area contributed by atoms with Crippen LogP contribution in [0.2, 0.25) is 0 Å². The number of fused-ring (bicyclic) bond motifs is 1. The number of anilines is 2. The van der Waals surface area contributed by atoms with Crippen LogP contribution in [0.5, 0.6) is 5.75 Å².